The summed E-state index contributed by atoms with van der Waals surface area (Å²) >= 11 is 0. The maximum absolute atomic E-state index is 13.5. The number of halogens is 1. The molecule has 0 spiro atoms. The Bertz CT molecular complexity index is 507. The van der Waals surface area contributed by atoms with Crippen LogP contribution in [0.25, 0.3) is 0 Å². The second-order valence-electron chi connectivity index (χ2n) is 6.34. The van der Waals surface area contributed by atoms with Crippen LogP contribution < -0.4 is 0 Å². The predicted octanol–water partition coefficient (Wildman–Crippen LogP) is 1.58. The Hall–Kier alpha value is -1.46. The number of carbonyl (C=O) groups excluding carboxylic acids is 1. The molecular formula is C17H23FN2O2. The van der Waals surface area contributed by atoms with Crippen molar-refractivity contribution in [3.05, 3.63) is 35.9 Å². The van der Waals surface area contributed by atoms with E-state index in [1.807, 2.05) is 35.2 Å². The summed E-state index contributed by atoms with van der Waals surface area (Å²) in [5.41, 5.74) is 1.12. The molecular weight excluding hydrogens is 283 g/mol. The molecule has 0 aromatic heterocycles. The maximum atomic E-state index is 13.5. The number of carbonyl (C=O) groups is 1. The highest BCUT2D eigenvalue weighted by Gasteiger charge is 2.37. The summed E-state index contributed by atoms with van der Waals surface area (Å²) in [5.74, 6) is 0.0407. The van der Waals surface area contributed by atoms with E-state index in [0.29, 0.717) is 19.0 Å². The molecule has 120 valence electrons. The number of rotatable bonds is 6. The van der Waals surface area contributed by atoms with Crippen molar-refractivity contribution in [1.82, 2.24) is 9.80 Å². The molecule has 2 fully saturated rings. The SMILES string of the molecule is O=C(CN1C[C@@H](F)C[C@H]1CO)N(Cc1ccccc1)C1CC1. The average molecular weight is 306 g/mol. The lowest BCUT2D eigenvalue weighted by Crippen LogP contribution is -2.44. The first-order valence-corrected chi connectivity index (χ1v) is 7.99. The Balaban J connectivity index is 1.63. The second-order valence-corrected chi connectivity index (χ2v) is 6.34. The number of benzene rings is 1. The van der Waals surface area contributed by atoms with Gasteiger partial charge in [0.2, 0.25) is 5.91 Å². The Labute approximate surface area is 130 Å². The third-order valence-corrected chi connectivity index (χ3v) is 4.53. The van der Waals surface area contributed by atoms with Crippen LogP contribution >= 0.6 is 0 Å². The molecule has 1 heterocycles. The first-order chi connectivity index (χ1) is 10.7. The van der Waals surface area contributed by atoms with Gasteiger partial charge in [0.15, 0.2) is 0 Å². The van der Waals surface area contributed by atoms with Gasteiger partial charge in [0.1, 0.15) is 6.17 Å². The van der Waals surface area contributed by atoms with Crippen molar-refractivity contribution in [2.24, 2.45) is 0 Å². The van der Waals surface area contributed by atoms with E-state index in [0.717, 1.165) is 18.4 Å². The highest BCUT2D eigenvalue weighted by atomic mass is 19.1. The summed E-state index contributed by atoms with van der Waals surface area (Å²) in [4.78, 5) is 16.3. The third kappa shape index (κ3) is 3.65. The smallest absolute Gasteiger partial charge is 0.237 e. The van der Waals surface area contributed by atoms with Gasteiger partial charge < -0.3 is 10.0 Å². The highest BCUT2D eigenvalue weighted by Crippen LogP contribution is 2.29. The van der Waals surface area contributed by atoms with Crippen molar-refractivity contribution < 1.29 is 14.3 Å². The average Bonchev–Trinajstić information content (AvgIpc) is 3.29. The molecule has 22 heavy (non-hydrogen) atoms. The van der Waals surface area contributed by atoms with Gasteiger partial charge in [-0.25, -0.2) is 4.39 Å². The zero-order valence-electron chi connectivity index (χ0n) is 12.7. The van der Waals surface area contributed by atoms with Crippen molar-refractivity contribution in [2.75, 3.05) is 19.7 Å². The van der Waals surface area contributed by atoms with E-state index in [-0.39, 0.29) is 31.6 Å². The first kappa shape index (κ1) is 15.4. The molecule has 0 bridgehead atoms. The van der Waals surface area contributed by atoms with E-state index in [1.54, 1.807) is 4.90 Å². The first-order valence-electron chi connectivity index (χ1n) is 7.99. The Morgan fingerprint density at radius 2 is 2.05 bits per heavy atom. The lowest BCUT2D eigenvalue weighted by atomic mass is 10.2. The summed E-state index contributed by atoms with van der Waals surface area (Å²) in [7, 11) is 0. The van der Waals surface area contributed by atoms with Gasteiger partial charge in [0.05, 0.1) is 13.2 Å². The summed E-state index contributed by atoms with van der Waals surface area (Å²) in [6.07, 6.45) is 1.49. The van der Waals surface area contributed by atoms with Crippen LogP contribution in [0.2, 0.25) is 0 Å². The van der Waals surface area contributed by atoms with Crippen molar-refractivity contribution in [3.63, 3.8) is 0 Å². The van der Waals surface area contributed by atoms with Crippen LogP contribution in [-0.4, -0.2) is 58.8 Å². The number of alkyl halides is 1. The fourth-order valence-corrected chi connectivity index (χ4v) is 3.16. The summed E-state index contributed by atoms with van der Waals surface area (Å²) in [6.45, 7) is 0.979. The molecule has 1 aliphatic heterocycles. The third-order valence-electron chi connectivity index (χ3n) is 4.53. The maximum Gasteiger partial charge on any atom is 0.237 e. The van der Waals surface area contributed by atoms with Gasteiger partial charge in [-0.15, -0.1) is 0 Å². The van der Waals surface area contributed by atoms with Gasteiger partial charge >= 0.3 is 0 Å². The van der Waals surface area contributed by atoms with E-state index in [2.05, 4.69) is 0 Å². The van der Waals surface area contributed by atoms with E-state index in [4.69, 9.17) is 0 Å². The van der Waals surface area contributed by atoms with Crippen molar-refractivity contribution in [3.8, 4) is 0 Å². The van der Waals surface area contributed by atoms with Gasteiger partial charge in [-0.2, -0.15) is 0 Å². The summed E-state index contributed by atoms with van der Waals surface area (Å²) in [5, 5.41) is 9.33. The van der Waals surface area contributed by atoms with Gasteiger partial charge in [-0.05, 0) is 24.8 Å². The number of amides is 1. The van der Waals surface area contributed by atoms with Gasteiger partial charge in [0, 0.05) is 25.2 Å². The molecule has 1 aromatic rings. The Morgan fingerprint density at radius 1 is 1.32 bits per heavy atom. The van der Waals surface area contributed by atoms with Crippen LogP contribution in [-0.2, 0) is 11.3 Å². The monoisotopic (exact) mass is 306 g/mol. The zero-order valence-corrected chi connectivity index (χ0v) is 12.7. The largest absolute Gasteiger partial charge is 0.395 e. The number of nitrogens with zero attached hydrogens (tertiary/aromatic N) is 2. The van der Waals surface area contributed by atoms with E-state index in [9.17, 15) is 14.3 Å². The van der Waals surface area contributed by atoms with Gasteiger partial charge in [0.25, 0.3) is 0 Å². The quantitative estimate of drug-likeness (QED) is 0.868. The van der Waals surface area contributed by atoms with E-state index >= 15 is 0 Å². The molecule has 1 saturated heterocycles. The molecule has 0 radical (unpaired) electrons. The predicted molar refractivity (Wildman–Crippen MR) is 82.0 cm³/mol. The van der Waals surface area contributed by atoms with E-state index in [1.165, 1.54) is 0 Å². The number of aliphatic hydroxyl groups is 1. The number of likely N-dealkylation sites (tertiary alicyclic amines) is 1. The molecule has 5 heteroatoms. The molecule has 0 unspecified atom stereocenters. The molecule has 3 rings (SSSR count). The standard InChI is InChI=1S/C17H23FN2O2/c18-14-8-16(12-21)19(10-14)11-17(22)20(15-6-7-15)9-13-4-2-1-3-5-13/h1-5,14-16,21H,6-12H2/t14-,16-/m0/s1. The number of hydrogen-bond donors (Lipinski definition) is 1. The van der Waals surface area contributed by atoms with Crippen LogP contribution in [0, 0.1) is 0 Å². The molecule has 2 aliphatic rings. The molecule has 1 amide bonds. The molecule has 2 atom stereocenters. The van der Waals surface area contributed by atoms with Crippen molar-refractivity contribution in [2.45, 2.75) is 44.1 Å². The van der Waals surface area contributed by atoms with Crippen LogP contribution in [0.15, 0.2) is 30.3 Å². The lowest BCUT2D eigenvalue weighted by molar-refractivity contribution is -0.134. The minimum absolute atomic E-state index is 0.0407. The lowest BCUT2D eigenvalue weighted by Gasteiger charge is -2.27. The zero-order chi connectivity index (χ0) is 15.5. The fourth-order valence-electron chi connectivity index (χ4n) is 3.16. The minimum Gasteiger partial charge on any atom is -0.395 e. The summed E-state index contributed by atoms with van der Waals surface area (Å²) < 4.78 is 13.5. The van der Waals surface area contributed by atoms with Crippen LogP contribution in [0.4, 0.5) is 4.39 Å². The Morgan fingerprint density at radius 3 is 2.68 bits per heavy atom. The topological polar surface area (TPSA) is 43.8 Å². The van der Waals surface area contributed by atoms with Crippen LogP contribution in [0.3, 0.4) is 0 Å². The van der Waals surface area contributed by atoms with Crippen LogP contribution in [0.1, 0.15) is 24.8 Å². The van der Waals surface area contributed by atoms with Crippen molar-refractivity contribution in [1.29, 1.82) is 0 Å². The molecule has 1 aliphatic carbocycles. The van der Waals surface area contributed by atoms with Crippen molar-refractivity contribution >= 4 is 5.91 Å². The van der Waals surface area contributed by atoms with Gasteiger partial charge in [-0.3, -0.25) is 9.69 Å². The second kappa shape index (κ2) is 6.75. The number of hydrogen-bond acceptors (Lipinski definition) is 3. The number of aliphatic hydroxyl groups excluding tert-OH is 1. The van der Waals surface area contributed by atoms with Crippen LogP contribution in [0.5, 0.6) is 0 Å². The minimum atomic E-state index is -0.937. The van der Waals surface area contributed by atoms with E-state index < -0.39 is 6.17 Å². The summed E-state index contributed by atoms with van der Waals surface area (Å²) in [6, 6.07) is 10.0. The molecule has 4 nitrogen and oxygen atoms in total. The van der Waals surface area contributed by atoms with Gasteiger partial charge in [-0.1, -0.05) is 30.3 Å². The Kier molecular flexibility index (Phi) is 4.74. The molecule has 1 N–H and O–H groups in total. The fraction of sp³-hybridized carbons (Fsp3) is 0.588. The molecule has 1 saturated carbocycles. The molecule has 1 aromatic carbocycles. The normalized spacial score (nSPS) is 25.4. The highest BCUT2D eigenvalue weighted by molar-refractivity contribution is 5.79.